The minimum absolute atomic E-state index is 0.00690. The predicted octanol–water partition coefficient (Wildman–Crippen LogP) is 1.93. The van der Waals surface area contributed by atoms with Gasteiger partial charge in [-0.15, -0.1) is 0 Å². The molecule has 1 aliphatic carbocycles. The Kier molecular flexibility index (Phi) is 1.79. The lowest BCUT2D eigenvalue weighted by Crippen LogP contribution is -2.13. The molecule has 1 aromatic rings. The van der Waals surface area contributed by atoms with Crippen molar-refractivity contribution in [2.75, 3.05) is 5.73 Å². The highest BCUT2D eigenvalue weighted by Gasteiger charge is 2.20. The minimum Gasteiger partial charge on any atom is -0.399 e. The first kappa shape index (κ1) is 8.23. The SMILES string of the molecule is Nc1cc(F)c2c(c1)C(=O)CCC2. The summed E-state index contributed by atoms with van der Waals surface area (Å²) in [5.74, 6) is -0.337. The molecule has 0 saturated carbocycles. The average molecular weight is 179 g/mol. The molecule has 0 bridgehead atoms. The quantitative estimate of drug-likeness (QED) is 0.618. The van der Waals surface area contributed by atoms with Crippen LogP contribution in [0.5, 0.6) is 0 Å². The predicted molar refractivity (Wildman–Crippen MR) is 48.1 cm³/mol. The molecule has 0 saturated heterocycles. The maximum absolute atomic E-state index is 13.3. The van der Waals surface area contributed by atoms with Crippen LogP contribution in [0, 0.1) is 5.82 Å². The number of benzene rings is 1. The topological polar surface area (TPSA) is 43.1 Å². The van der Waals surface area contributed by atoms with Crippen LogP contribution in [0.15, 0.2) is 12.1 Å². The van der Waals surface area contributed by atoms with Crippen molar-refractivity contribution in [2.45, 2.75) is 19.3 Å². The molecule has 3 heteroatoms. The van der Waals surface area contributed by atoms with Crippen LogP contribution < -0.4 is 5.73 Å². The van der Waals surface area contributed by atoms with Gasteiger partial charge in [0.15, 0.2) is 5.78 Å². The number of nitrogens with two attached hydrogens (primary N) is 1. The summed E-state index contributed by atoms with van der Waals surface area (Å²) in [5.41, 5.74) is 6.79. The minimum atomic E-state index is -0.344. The second-order valence-corrected chi connectivity index (χ2v) is 3.31. The Morgan fingerprint density at radius 1 is 1.31 bits per heavy atom. The Morgan fingerprint density at radius 3 is 2.85 bits per heavy atom. The number of hydrogen-bond donors (Lipinski definition) is 1. The van der Waals surface area contributed by atoms with Crippen molar-refractivity contribution in [3.8, 4) is 0 Å². The van der Waals surface area contributed by atoms with Crippen LogP contribution in [0.1, 0.15) is 28.8 Å². The maximum Gasteiger partial charge on any atom is 0.163 e. The molecule has 2 rings (SSSR count). The second-order valence-electron chi connectivity index (χ2n) is 3.31. The third kappa shape index (κ3) is 1.30. The molecule has 0 spiro atoms. The van der Waals surface area contributed by atoms with Crippen LogP contribution in [-0.2, 0) is 6.42 Å². The van der Waals surface area contributed by atoms with Gasteiger partial charge in [0.25, 0.3) is 0 Å². The van der Waals surface area contributed by atoms with E-state index in [0.29, 0.717) is 29.7 Å². The number of fused-ring (bicyclic) bond motifs is 1. The monoisotopic (exact) mass is 179 g/mol. The molecule has 0 amide bonds. The van der Waals surface area contributed by atoms with E-state index in [4.69, 9.17) is 5.73 Å². The van der Waals surface area contributed by atoms with Crippen molar-refractivity contribution in [3.05, 3.63) is 29.1 Å². The van der Waals surface area contributed by atoms with Crippen molar-refractivity contribution >= 4 is 11.5 Å². The van der Waals surface area contributed by atoms with E-state index in [0.717, 1.165) is 6.42 Å². The fourth-order valence-corrected chi connectivity index (χ4v) is 1.72. The summed E-state index contributed by atoms with van der Waals surface area (Å²) in [5, 5.41) is 0. The lowest BCUT2D eigenvalue weighted by Gasteiger charge is -2.15. The summed E-state index contributed by atoms with van der Waals surface area (Å²) in [4.78, 5) is 11.4. The molecule has 1 aromatic carbocycles. The first-order chi connectivity index (χ1) is 6.18. The molecule has 0 aliphatic heterocycles. The van der Waals surface area contributed by atoms with Crippen LogP contribution in [0.4, 0.5) is 10.1 Å². The molecule has 2 nitrogen and oxygen atoms in total. The Labute approximate surface area is 75.6 Å². The zero-order chi connectivity index (χ0) is 9.42. The first-order valence-corrected chi connectivity index (χ1v) is 4.29. The van der Waals surface area contributed by atoms with Gasteiger partial charge in [0.1, 0.15) is 5.82 Å². The van der Waals surface area contributed by atoms with Crippen molar-refractivity contribution in [3.63, 3.8) is 0 Å². The Balaban J connectivity index is 2.63. The molecule has 0 aromatic heterocycles. The van der Waals surface area contributed by atoms with Crippen molar-refractivity contribution in [2.24, 2.45) is 0 Å². The van der Waals surface area contributed by atoms with E-state index in [-0.39, 0.29) is 11.6 Å². The summed E-state index contributed by atoms with van der Waals surface area (Å²) < 4.78 is 13.3. The van der Waals surface area contributed by atoms with Gasteiger partial charge in [-0.25, -0.2) is 4.39 Å². The fourth-order valence-electron chi connectivity index (χ4n) is 1.72. The van der Waals surface area contributed by atoms with Crippen molar-refractivity contribution in [1.29, 1.82) is 0 Å². The van der Waals surface area contributed by atoms with Crippen molar-refractivity contribution in [1.82, 2.24) is 0 Å². The second kappa shape index (κ2) is 2.83. The van der Waals surface area contributed by atoms with E-state index in [1.807, 2.05) is 0 Å². The number of carbonyl (C=O) groups excluding carboxylic acids is 1. The van der Waals surface area contributed by atoms with E-state index in [1.54, 1.807) is 6.07 Å². The number of nitrogen functional groups attached to an aromatic ring is 1. The lowest BCUT2D eigenvalue weighted by atomic mass is 9.90. The molecule has 0 heterocycles. The van der Waals surface area contributed by atoms with Crippen molar-refractivity contribution < 1.29 is 9.18 Å². The average Bonchev–Trinajstić information content (AvgIpc) is 2.07. The Hall–Kier alpha value is -1.38. The lowest BCUT2D eigenvalue weighted by molar-refractivity contribution is 0.0971. The smallest absolute Gasteiger partial charge is 0.163 e. The number of ketones is 1. The molecule has 13 heavy (non-hydrogen) atoms. The van der Waals surface area contributed by atoms with Crippen LogP contribution in [0.2, 0.25) is 0 Å². The van der Waals surface area contributed by atoms with Crippen LogP contribution >= 0.6 is 0 Å². The van der Waals surface area contributed by atoms with Crippen LogP contribution in [-0.4, -0.2) is 5.78 Å². The molecule has 0 atom stereocenters. The molecule has 68 valence electrons. The molecule has 0 unspecified atom stereocenters. The Bertz CT molecular complexity index is 373. The number of hydrogen-bond acceptors (Lipinski definition) is 2. The zero-order valence-corrected chi connectivity index (χ0v) is 7.14. The summed E-state index contributed by atoms with van der Waals surface area (Å²) in [6.07, 6.45) is 1.90. The van der Waals surface area contributed by atoms with Gasteiger partial charge in [-0.1, -0.05) is 0 Å². The number of Topliss-reactive ketones (excluding diaryl/α,β-unsaturated/α-hetero) is 1. The van der Waals surface area contributed by atoms with E-state index in [9.17, 15) is 9.18 Å². The standard InChI is InChI=1S/C10H10FNO/c11-9-5-6(12)4-8-7(9)2-1-3-10(8)13/h4-5H,1-3,12H2. The van der Waals surface area contributed by atoms with E-state index in [2.05, 4.69) is 0 Å². The largest absolute Gasteiger partial charge is 0.399 e. The van der Waals surface area contributed by atoms with E-state index < -0.39 is 0 Å². The van der Waals surface area contributed by atoms with Crippen LogP contribution in [0.3, 0.4) is 0 Å². The number of rotatable bonds is 0. The van der Waals surface area contributed by atoms with Gasteiger partial charge in [-0.05, 0) is 30.5 Å². The van der Waals surface area contributed by atoms with Gasteiger partial charge in [0.2, 0.25) is 0 Å². The van der Waals surface area contributed by atoms with E-state index in [1.165, 1.54) is 6.07 Å². The highest BCUT2D eigenvalue weighted by molar-refractivity contribution is 5.99. The molecule has 1 aliphatic rings. The fraction of sp³-hybridized carbons (Fsp3) is 0.300. The zero-order valence-electron chi connectivity index (χ0n) is 7.14. The highest BCUT2D eigenvalue weighted by atomic mass is 19.1. The third-order valence-corrected chi connectivity index (χ3v) is 2.35. The molecular formula is C10H10FNO. The highest BCUT2D eigenvalue weighted by Crippen LogP contribution is 2.25. The summed E-state index contributed by atoms with van der Waals surface area (Å²) in [6.45, 7) is 0. The Morgan fingerprint density at radius 2 is 2.08 bits per heavy atom. The molecule has 0 radical (unpaired) electrons. The number of anilines is 1. The summed E-state index contributed by atoms with van der Waals surface area (Å²) in [7, 11) is 0. The molecule has 0 fully saturated rings. The molecular weight excluding hydrogens is 169 g/mol. The van der Waals surface area contributed by atoms with Gasteiger partial charge in [0.05, 0.1) is 0 Å². The normalized spacial score (nSPS) is 15.6. The van der Waals surface area contributed by atoms with Gasteiger partial charge in [-0.3, -0.25) is 4.79 Å². The van der Waals surface area contributed by atoms with Gasteiger partial charge in [-0.2, -0.15) is 0 Å². The molecule has 2 N–H and O–H groups in total. The maximum atomic E-state index is 13.3. The summed E-state index contributed by atoms with van der Waals surface area (Å²) in [6, 6.07) is 2.84. The van der Waals surface area contributed by atoms with E-state index >= 15 is 0 Å². The van der Waals surface area contributed by atoms with Gasteiger partial charge in [0, 0.05) is 17.7 Å². The number of carbonyl (C=O) groups is 1. The summed E-state index contributed by atoms with van der Waals surface area (Å²) >= 11 is 0. The van der Waals surface area contributed by atoms with Gasteiger partial charge >= 0.3 is 0 Å². The first-order valence-electron chi connectivity index (χ1n) is 4.29. The van der Waals surface area contributed by atoms with Gasteiger partial charge < -0.3 is 5.73 Å². The number of halogens is 1. The third-order valence-electron chi connectivity index (χ3n) is 2.35. The van der Waals surface area contributed by atoms with Crippen LogP contribution in [0.25, 0.3) is 0 Å².